The second-order valence-corrected chi connectivity index (χ2v) is 9.44. The Morgan fingerprint density at radius 1 is 1.18 bits per heavy atom. The summed E-state index contributed by atoms with van der Waals surface area (Å²) in [5.41, 5.74) is 0.263. The van der Waals surface area contributed by atoms with E-state index in [0.29, 0.717) is 35.2 Å². The van der Waals surface area contributed by atoms with Gasteiger partial charge in [0.2, 0.25) is 5.91 Å². The van der Waals surface area contributed by atoms with Crippen LogP contribution in [0.5, 0.6) is 0 Å². The van der Waals surface area contributed by atoms with Gasteiger partial charge in [-0.2, -0.15) is 13.2 Å². The fourth-order valence-electron chi connectivity index (χ4n) is 5.20. The molecule has 5 rings (SSSR count). The lowest BCUT2D eigenvalue weighted by atomic mass is 9.75. The van der Waals surface area contributed by atoms with Gasteiger partial charge in [0.05, 0.1) is 18.1 Å². The number of ether oxygens (including phenoxy) is 1. The monoisotopic (exact) mass is 480 g/mol. The SMILES string of the molecule is Cc1ccc(C(F)(F)F)cc1CN(C(=O)[C@H]1CNCC[C@@]12OCc1cc(F)c(F)cc12)C1CC1. The zero-order valence-electron chi connectivity index (χ0n) is 18.6. The molecule has 0 aromatic heterocycles. The molecule has 3 aliphatic rings. The Kier molecular flexibility index (Phi) is 5.67. The zero-order valence-corrected chi connectivity index (χ0v) is 18.6. The number of amides is 1. The Morgan fingerprint density at radius 3 is 2.62 bits per heavy atom. The van der Waals surface area contributed by atoms with Crippen LogP contribution in [-0.2, 0) is 34.5 Å². The first kappa shape index (κ1) is 23.2. The lowest BCUT2D eigenvalue weighted by Gasteiger charge is -2.43. The van der Waals surface area contributed by atoms with E-state index in [0.717, 1.165) is 37.1 Å². The molecule has 1 spiro atoms. The standard InChI is InChI=1S/C25H25F5N2O2/c1-14-2-3-17(25(28,29)30)8-15(14)12-32(18-4-5-18)23(33)20-11-31-7-6-24(20)19-10-22(27)21(26)9-16(19)13-34-24/h2-3,8-10,18,20,31H,4-7,11-13H2,1H3/t20-,24+/m1/s1. The van der Waals surface area contributed by atoms with E-state index in [2.05, 4.69) is 5.32 Å². The highest BCUT2D eigenvalue weighted by Crippen LogP contribution is 2.48. The molecule has 2 atom stereocenters. The van der Waals surface area contributed by atoms with E-state index in [9.17, 15) is 26.7 Å². The Bertz CT molecular complexity index is 1130. The van der Waals surface area contributed by atoms with Gasteiger partial charge in [-0.15, -0.1) is 0 Å². The molecule has 34 heavy (non-hydrogen) atoms. The predicted molar refractivity (Wildman–Crippen MR) is 114 cm³/mol. The first-order valence-electron chi connectivity index (χ1n) is 11.4. The summed E-state index contributed by atoms with van der Waals surface area (Å²) < 4.78 is 74.0. The van der Waals surface area contributed by atoms with Gasteiger partial charge in [-0.25, -0.2) is 8.78 Å². The average molecular weight is 480 g/mol. The number of alkyl halides is 3. The molecule has 0 unspecified atom stereocenters. The van der Waals surface area contributed by atoms with Gasteiger partial charge in [0.1, 0.15) is 5.60 Å². The van der Waals surface area contributed by atoms with Crippen molar-refractivity contribution in [3.8, 4) is 0 Å². The molecule has 2 aliphatic heterocycles. The second-order valence-electron chi connectivity index (χ2n) is 9.44. The number of carbonyl (C=O) groups excluding carboxylic acids is 1. The molecular formula is C25H25F5N2O2. The smallest absolute Gasteiger partial charge is 0.365 e. The molecule has 1 aliphatic carbocycles. The highest BCUT2D eigenvalue weighted by molar-refractivity contribution is 5.82. The Labute approximate surface area is 194 Å². The summed E-state index contributed by atoms with van der Waals surface area (Å²) in [5, 5.41) is 3.20. The number of fused-ring (bicyclic) bond motifs is 2. The molecule has 0 radical (unpaired) electrons. The number of hydrogen-bond acceptors (Lipinski definition) is 3. The van der Waals surface area contributed by atoms with Crippen molar-refractivity contribution >= 4 is 5.91 Å². The fourth-order valence-corrected chi connectivity index (χ4v) is 5.20. The van der Waals surface area contributed by atoms with Crippen LogP contribution in [0.15, 0.2) is 30.3 Å². The second kappa shape index (κ2) is 8.30. The van der Waals surface area contributed by atoms with Gasteiger partial charge in [0, 0.05) is 19.1 Å². The highest BCUT2D eigenvalue weighted by atomic mass is 19.4. The molecule has 182 valence electrons. The Balaban J connectivity index is 1.49. The van der Waals surface area contributed by atoms with Gasteiger partial charge >= 0.3 is 6.18 Å². The maximum absolute atomic E-state index is 14.2. The number of carbonyl (C=O) groups is 1. The van der Waals surface area contributed by atoms with Crippen molar-refractivity contribution in [3.05, 3.63) is 69.8 Å². The molecule has 2 aromatic rings. The van der Waals surface area contributed by atoms with Crippen LogP contribution >= 0.6 is 0 Å². The molecule has 1 amide bonds. The fraction of sp³-hybridized carbons (Fsp3) is 0.480. The summed E-state index contributed by atoms with van der Waals surface area (Å²) in [6.45, 7) is 2.67. The van der Waals surface area contributed by atoms with E-state index >= 15 is 0 Å². The Hall–Kier alpha value is -2.52. The zero-order chi connectivity index (χ0) is 24.3. The van der Waals surface area contributed by atoms with Crippen molar-refractivity contribution in [2.45, 2.75) is 57.2 Å². The van der Waals surface area contributed by atoms with Crippen LogP contribution in [0.1, 0.15) is 47.1 Å². The van der Waals surface area contributed by atoms with Crippen molar-refractivity contribution in [3.63, 3.8) is 0 Å². The van der Waals surface area contributed by atoms with Crippen molar-refractivity contribution < 1.29 is 31.5 Å². The molecule has 1 saturated carbocycles. The van der Waals surface area contributed by atoms with Crippen LogP contribution in [0.3, 0.4) is 0 Å². The maximum atomic E-state index is 14.2. The number of hydrogen-bond donors (Lipinski definition) is 1. The molecule has 9 heteroatoms. The molecule has 2 heterocycles. The van der Waals surface area contributed by atoms with Crippen molar-refractivity contribution in [1.29, 1.82) is 0 Å². The van der Waals surface area contributed by atoms with Crippen LogP contribution in [0.25, 0.3) is 0 Å². The predicted octanol–water partition coefficient (Wildman–Crippen LogP) is 4.82. The van der Waals surface area contributed by atoms with E-state index in [4.69, 9.17) is 4.74 Å². The quantitative estimate of drug-likeness (QED) is 0.639. The third kappa shape index (κ3) is 3.98. The van der Waals surface area contributed by atoms with E-state index in [-0.39, 0.29) is 31.6 Å². The van der Waals surface area contributed by atoms with E-state index in [1.54, 1.807) is 11.8 Å². The van der Waals surface area contributed by atoms with Crippen LogP contribution in [-0.4, -0.2) is 29.9 Å². The molecule has 1 N–H and O–H groups in total. The number of aryl methyl sites for hydroxylation is 1. The number of piperidine rings is 1. The first-order chi connectivity index (χ1) is 16.1. The maximum Gasteiger partial charge on any atom is 0.416 e. The van der Waals surface area contributed by atoms with Crippen LogP contribution in [0.2, 0.25) is 0 Å². The summed E-state index contributed by atoms with van der Waals surface area (Å²) in [5.74, 6) is -2.91. The third-order valence-corrected chi connectivity index (χ3v) is 7.26. The molecule has 1 saturated heterocycles. The van der Waals surface area contributed by atoms with E-state index < -0.39 is 34.9 Å². The summed E-state index contributed by atoms with van der Waals surface area (Å²) >= 11 is 0. The molecule has 2 fully saturated rings. The summed E-state index contributed by atoms with van der Waals surface area (Å²) in [6, 6.07) is 5.75. The molecule has 0 bridgehead atoms. The normalized spacial score (nSPS) is 24.4. The van der Waals surface area contributed by atoms with Gasteiger partial charge in [0.25, 0.3) is 0 Å². The van der Waals surface area contributed by atoms with Gasteiger partial charge in [-0.05, 0) is 79.3 Å². The number of halogens is 5. The van der Waals surface area contributed by atoms with Crippen LogP contribution < -0.4 is 5.32 Å². The van der Waals surface area contributed by atoms with E-state index in [1.165, 1.54) is 6.07 Å². The minimum Gasteiger partial charge on any atom is -0.365 e. The van der Waals surface area contributed by atoms with Crippen molar-refractivity contribution in [2.75, 3.05) is 13.1 Å². The topological polar surface area (TPSA) is 41.6 Å². The average Bonchev–Trinajstić information content (AvgIpc) is 3.58. The lowest BCUT2D eigenvalue weighted by molar-refractivity contribution is -0.157. The number of benzene rings is 2. The van der Waals surface area contributed by atoms with Crippen molar-refractivity contribution in [2.24, 2.45) is 5.92 Å². The summed E-state index contributed by atoms with van der Waals surface area (Å²) in [4.78, 5) is 15.6. The van der Waals surface area contributed by atoms with Gasteiger partial charge < -0.3 is 15.0 Å². The largest absolute Gasteiger partial charge is 0.416 e. The third-order valence-electron chi connectivity index (χ3n) is 7.26. The van der Waals surface area contributed by atoms with Crippen LogP contribution in [0, 0.1) is 24.5 Å². The van der Waals surface area contributed by atoms with Gasteiger partial charge in [-0.3, -0.25) is 4.79 Å². The number of nitrogens with zero attached hydrogens (tertiary/aromatic N) is 1. The Morgan fingerprint density at radius 2 is 1.91 bits per heavy atom. The van der Waals surface area contributed by atoms with Crippen LogP contribution in [0.4, 0.5) is 22.0 Å². The number of rotatable bonds is 4. The van der Waals surface area contributed by atoms with Crippen molar-refractivity contribution in [1.82, 2.24) is 10.2 Å². The van der Waals surface area contributed by atoms with Gasteiger partial charge in [0.15, 0.2) is 11.6 Å². The van der Waals surface area contributed by atoms with Gasteiger partial charge in [-0.1, -0.05) is 6.07 Å². The lowest BCUT2D eigenvalue weighted by Crippen LogP contribution is -2.55. The first-order valence-corrected chi connectivity index (χ1v) is 11.4. The summed E-state index contributed by atoms with van der Waals surface area (Å²) in [6.07, 6.45) is -2.53. The minimum atomic E-state index is -4.48. The van der Waals surface area contributed by atoms with E-state index in [1.807, 2.05) is 0 Å². The minimum absolute atomic E-state index is 0.0521. The highest BCUT2D eigenvalue weighted by Gasteiger charge is 2.53. The number of nitrogens with one attached hydrogen (secondary N) is 1. The summed E-state index contributed by atoms with van der Waals surface area (Å²) in [7, 11) is 0. The molecular weight excluding hydrogens is 455 g/mol. The molecule has 2 aromatic carbocycles. The molecule has 4 nitrogen and oxygen atoms in total.